The lowest BCUT2D eigenvalue weighted by Gasteiger charge is -2.31. The van der Waals surface area contributed by atoms with E-state index in [-0.39, 0.29) is 5.97 Å². The molecule has 1 unspecified atom stereocenters. The molecular weight excluding hydrogens is 264 g/mol. The Balaban J connectivity index is 2.75. The van der Waals surface area contributed by atoms with Crippen LogP contribution < -0.4 is 10.2 Å². The molecular formula is C17H28N2O2. The number of aryl methyl sites for hydroxylation is 1. The largest absolute Gasteiger partial charge is 0.465 e. The first-order valence-electron chi connectivity index (χ1n) is 7.64. The molecule has 0 spiro atoms. The highest BCUT2D eigenvalue weighted by molar-refractivity contribution is 5.80. The first-order chi connectivity index (χ1) is 9.96. The van der Waals surface area contributed by atoms with Gasteiger partial charge in [0, 0.05) is 18.8 Å². The number of anilines is 1. The van der Waals surface area contributed by atoms with Gasteiger partial charge < -0.3 is 15.0 Å². The van der Waals surface area contributed by atoms with Gasteiger partial charge in [0.05, 0.1) is 6.61 Å². The van der Waals surface area contributed by atoms with Crippen LogP contribution in [-0.2, 0) is 9.53 Å². The molecule has 0 fully saturated rings. The van der Waals surface area contributed by atoms with Gasteiger partial charge in [-0.15, -0.1) is 0 Å². The van der Waals surface area contributed by atoms with Crippen LogP contribution in [0.1, 0.15) is 32.8 Å². The number of benzene rings is 1. The first kappa shape index (κ1) is 17.5. The number of hydrogen-bond donors (Lipinski definition) is 1. The van der Waals surface area contributed by atoms with Crippen molar-refractivity contribution in [3.8, 4) is 0 Å². The number of nitrogens with zero attached hydrogens (tertiary/aromatic N) is 1. The Labute approximate surface area is 128 Å². The Morgan fingerprint density at radius 3 is 2.62 bits per heavy atom. The van der Waals surface area contributed by atoms with Gasteiger partial charge >= 0.3 is 5.97 Å². The average molecular weight is 292 g/mol. The van der Waals surface area contributed by atoms with E-state index in [1.165, 1.54) is 11.3 Å². The molecule has 0 radical (unpaired) electrons. The fourth-order valence-electron chi connectivity index (χ4n) is 2.27. The lowest BCUT2D eigenvalue weighted by Crippen LogP contribution is -2.50. The summed E-state index contributed by atoms with van der Waals surface area (Å²) in [6.07, 6.45) is 0.699. The molecule has 0 aromatic heterocycles. The number of carbonyl (C=O) groups excluding carboxylic acids is 1. The molecule has 1 aromatic carbocycles. The number of esters is 1. The minimum atomic E-state index is -0.646. The molecule has 4 nitrogen and oxygen atoms in total. The molecule has 0 amide bonds. The van der Waals surface area contributed by atoms with E-state index in [2.05, 4.69) is 48.3 Å². The Morgan fingerprint density at radius 2 is 2.10 bits per heavy atom. The Bertz CT molecular complexity index is 462. The summed E-state index contributed by atoms with van der Waals surface area (Å²) < 4.78 is 5.17. The molecule has 0 saturated carbocycles. The average Bonchev–Trinajstić information content (AvgIpc) is 2.48. The molecule has 0 aliphatic heterocycles. The Morgan fingerprint density at radius 1 is 1.38 bits per heavy atom. The molecule has 0 heterocycles. The molecule has 0 aliphatic carbocycles. The standard InChI is InChI=1S/C17H28N2O2/c1-6-19(15-10-8-9-14(3)13-15)12-11-17(4,18-5)16(20)21-7-2/h8-10,13,18H,6-7,11-12H2,1-5H3. The SMILES string of the molecule is CCOC(=O)C(C)(CCN(CC)c1cccc(C)c1)NC. The highest BCUT2D eigenvalue weighted by Gasteiger charge is 2.33. The van der Waals surface area contributed by atoms with Gasteiger partial charge in [0.25, 0.3) is 0 Å². The van der Waals surface area contributed by atoms with Gasteiger partial charge in [-0.3, -0.25) is 4.79 Å². The number of ether oxygens (including phenoxy) is 1. The number of nitrogens with one attached hydrogen (secondary N) is 1. The second-order valence-corrected chi connectivity index (χ2v) is 5.47. The third-order valence-electron chi connectivity index (χ3n) is 3.91. The minimum Gasteiger partial charge on any atom is -0.465 e. The number of hydrogen-bond acceptors (Lipinski definition) is 4. The van der Waals surface area contributed by atoms with E-state index in [0.29, 0.717) is 13.0 Å². The number of carbonyl (C=O) groups is 1. The van der Waals surface area contributed by atoms with Crippen LogP contribution in [-0.4, -0.2) is 38.3 Å². The van der Waals surface area contributed by atoms with Crippen LogP contribution in [0.3, 0.4) is 0 Å². The van der Waals surface area contributed by atoms with E-state index < -0.39 is 5.54 Å². The number of rotatable bonds is 8. The van der Waals surface area contributed by atoms with Crippen molar-refractivity contribution in [1.82, 2.24) is 5.32 Å². The second kappa shape index (κ2) is 8.03. The lowest BCUT2D eigenvalue weighted by atomic mass is 9.97. The molecule has 0 bridgehead atoms. The molecule has 1 N–H and O–H groups in total. The molecule has 1 aromatic rings. The fraction of sp³-hybridized carbons (Fsp3) is 0.588. The van der Waals surface area contributed by atoms with Crippen molar-refractivity contribution in [1.29, 1.82) is 0 Å². The Hall–Kier alpha value is -1.55. The van der Waals surface area contributed by atoms with Crippen molar-refractivity contribution in [3.05, 3.63) is 29.8 Å². The molecule has 1 atom stereocenters. The summed E-state index contributed by atoms with van der Waals surface area (Å²) in [6, 6.07) is 8.44. The van der Waals surface area contributed by atoms with Crippen molar-refractivity contribution in [2.45, 2.75) is 39.7 Å². The van der Waals surface area contributed by atoms with E-state index in [4.69, 9.17) is 4.74 Å². The van der Waals surface area contributed by atoms with E-state index in [1.807, 2.05) is 13.8 Å². The van der Waals surface area contributed by atoms with Crippen LogP contribution in [0.15, 0.2) is 24.3 Å². The van der Waals surface area contributed by atoms with Crippen molar-refractivity contribution in [2.75, 3.05) is 31.6 Å². The third-order valence-corrected chi connectivity index (χ3v) is 3.91. The van der Waals surface area contributed by atoms with Gasteiger partial charge in [0.2, 0.25) is 0 Å². The van der Waals surface area contributed by atoms with Gasteiger partial charge in [0.15, 0.2) is 0 Å². The summed E-state index contributed by atoms with van der Waals surface area (Å²) in [5.74, 6) is -0.187. The summed E-state index contributed by atoms with van der Waals surface area (Å²) in [5, 5.41) is 3.10. The maximum absolute atomic E-state index is 12.1. The summed E-state index contributed by atoms with van der Waals surface area (Å²) in [4.78, 5) is 14.4. The van der Waals surface area contributed by atoms with Crippen molar-refractivity contribution >= 4 is 11.7 Å². The van der Waals surface area contributed by atoms with Gasteiger partial charge in [-0.2, -0.15) is 0 Å². The molecule has 0 aliphatic rings. The van der Waals surface area contributed by atoms with Gasteiger partial charge in [-0.25, -0.2) is 0 Å². The molecule has 4 heteroatoms. The maximum Gasteiger partial charge on any atom is 0.326 e. The Kier molecular flexibility index (Phi) is 6.69. The van der Waals surface area contributed by atoms with Gasteiger partial charge in [-0.05, 0) is 58.9 Å². The second-order valence-electron chi connectivity index (χ2n) is 5.47. The monoisotopic (exact) mass is 292 g/mol. The molecule has 1 rings (SSSR count). The third kappa shape index (κ3) is 4.74. The van der Waals surface area contributed by atoms with Crippen LogP contribution in [0.25, 0.3) is 0 Å². The maximum atomic E-state index is 12.1. The normalized spacial score (nSPS) is 13.6. The molecule has 118 valence electrons. The van der Waals surface area contributed by atoms with E-state index >= 15 is 0 Å². The van der Waals surface area contributed by atoms with Crippen LogP contribution >= 0.6 is 0 Å². The lowest BCUT2D eigenvalue weighted by molar-refractivity contribution is -0.150. The van der Waals surface area contributed by atoms with E-state index in [0.717, 1.165) is 13.1 Å². The first-order valence-corrected chi connectivity index (χ1v) is 7.64. The number of likely N-dealkylation sites (N-methyl/N-ethyl adjacent to an activating group) is 1. The van der Waals surface area contributed by atoms with Crippen LogP contribution in [0.2, 0.25) is 0 Å². The highest BCUT2D eigenvalue weighted by Crippen LogP contribution is 2.19. The predicted octanol–water partition coefficient (Wildman–Crippen LogP) is 2.75. The topological polar surface area (TPSA) is 41.6 Å². The molecule has 21 heavy (non-hydrogen) atoms. The van der Waals surface area contributed by atoms with E-state index in [1.54, 1.807) is 7.05 Å². The molecule has 0 saturated heterocycles. The van der Waals surface area contributed by atoms with Crippen molar-refractivity contribution in [3.63, 3.8) is 0 Å². The summed E-state index contributed by atoms with van der Waals surface area (Å²) in [6.45, 7) is 10.1. The zero-order valence-corrected chi connectivity index (χ0v) is 13.9. The summed E-state index contributed by atoms with van der Waals surface area (Å²) in [5.41, 5.74) is 1.79. The van der Waals surface area contributed by atoms with Crippen molar-refractivity contribution in [2.24, 2.45) is 0 Å². The predicted molar refractivity (Wildman–Crippen MR) is 87.8 cm³/mol. The fourth-order valence-corrected chi connectivity index (χ4v) is 2.27. The summed E-state index contributed by atoms with van der Waals surface area (Å²) >= 11 is 0. The van der Waals surface area contributed by atoms with Crippen LogP contribution in [0, 0.1) is 6.92 Å². The zero-order chi connectivity index (χ0) is 15.9. The quantitative estimate of drug-likeness (QED) is 0.748. The van der Waals surface area contributed by atoms with Crippen molar-refractivity contribution < 1.29 is 9.53 Å². The van der Waals surface area contributed by atoms with E-state index in [9.17, 15) is 4.79 Å². The smallest absolute Gasteiger partial charge is 0.326 e. The highest BCUT2D eigenvalue weighted by atomic mass is 16.5. The van der Waals surface area contributed by atoms with Crippen LogP contribution in [0.4, 0.5) is 5.69 Å². The van der Waals surface area contributed by atoms with Gasteiger partial charge in [0.1, 0.15) is 5.54 Å². The zero-order valence-electron chi connectivity index (χ0n) is 13.9. The minimum absolute atomic E-state index is 0.187. The van der Waals surface area contributed by atoms with Gasteiger partial charge in [-0.1, -0.05) is 12.1 Å². The summed E-state index contributed by atoms with van der Waals surface area (Å²) in [7, 11) is 1.81. The van der Waals surface area contributed by atoms with Crippen LogP contribution in [0.5, 0.6) is 0 Å².